The predicted octanol–water partition coefficient (Wildman–Crippen LogP) is 1.17. The lowest BCUT2D eigenvalue weighted by molar-refractivity contribution is -0.384. The molecule has 0 unspecified atom stereocenters. The van der Waals surface area contributed by atoms with E-state index in [9.17, 15) is 14.9 Å². The number of nitrogens with zero attached hydrogens (tertiary/aromatic N) is 2. The summed E-state index contributed by atoms with van der Waals surface area (Å²) in [5.41, 5.74) is 3.03. The fourth-order valence-electron chi connectivity index (χ4n) is 1.64. The molecule has 1 heterocycles. The van der Waals surface area contributed by atoms with Gasteiger partial charge in [0.05, 0.1) is 16.2 Å². The molecule has 0 aliphatic carbocycles. The van der Waals surface area contributed by atoms with Crippen LogP contribution in [0, 0.1) is 10.1 Å². The van der Waals surface area contributed by atoms with Gasteiger partial charge in [-0.05, 0) is 18.3 Å². The Morgan fingerprint density at radius 1 is 1.57 bits per heavy atom. The van der Waals surface area contributed by atoms with Crippen LogP contribution in [0.1, 0.15) is 10.4 Å². The highest BCUT2D eigenvalue weighted by Crippen LogP contribution is 2.27. The van der Waals surface area contributed by atoms with Gasteiger partial charge in [-0.15, -0.1) is 6.58 Å². The van der Waals surface area contributed by atoms with Gasteiger partial charge in [-0.1, -0.05) is 6.08 Å². The van der Waals surface area contributed by atoms with Crippen LogP contribution in [0.15, 0.2) is 36.0 Å². The van der Waals surface area contributed by atoms with Crippen molar-refractivity contribution in [3.05, 3.63) is 46.5 Å². The molecule has 108 valence electrons. The Hall–Kier alpha value is -2.81. The lowest BCUT2D eigenvalue weighted by Crippen LogP contribution is -2.33. The molecule has 1 aromatic carbocycles. The second kappa shape index (κ2) is 6.09. The average molecular weight is 305 g/mol. The summed E-state index contributed by atoms with van der Waals surface area (Å²) in [5, 5.41) is 20.3. The quantitative estimate of drug-likeness (QED) is 0.331. The number of anilines is 1. The van der Waals surface area contributed by atoms with E-state index in [1.54, 1.807) is 6.08 Å². The maximum absolute atomic E-state index is 12.1. The maximum Gasteiger partial charge on any atom is 0.270 e. The van der Waals surface area contributed by atoms with Crippen LogP contribution in [-0.4, -0.2) is 28.2 Å². The minimum Gasteiger partial charge on any atom is -0.358 e. The number of nitrogens with one attached hydrogen (secondary N) is 3. The second-order valence-electron chi connectivity index (χ2n) is 4.01. The summed E-state index contributed by atoms with van der Waals surface area (Å²) in [4.78, 5) is 22.2. The van der Waals surface area contributed by atoms with Gasteiger partial charge in [-0.2, -0.15) is 5.10 Å². The Labute approximate surface area is 125 Å². The van der Waals surface area contributed by atoms with Crippen molar-refractivity contribution in [2.75, 3.05) is 11.9 Å². The molecule has 2 rings (SSSR count). The molecule has 21 heavy (non-hydrogen) atoms. The third-order valence-corrected chi connectivity index (χ3v) is 2.84. The van der Waals surface area contributed by atoms with Gasteiger partial charge in [0.2, 0.25) is 5.78 Å². The van der Waals surface area contributed by atoms with Gasteiger partial charge < -0.3 is 10.6 Å². The first-order valence-electron chi connectivity index (χ1n) is 5.85. The van der Waals surface area contributed by atoms with Crippen molar-refractivity contribution in [3.63, 3.8) is 0 Å². The van der Waals surface area contributed by atoms with E-state index < -0.39 is 10.7 Å². The molecule has 0 saturated carbocycles. The number of fused-ring (bicyclic) bond motifs is 1. The molecule has 0 amide bonds. The van der Waals surface area contributed by atoms with Crippen LogP contribution >= 0.6 is 12.2 Å². The van der Waals surface area contributed by atoms with Gasteiger partial charge >= 0.3 is 0 Å². The number of amidine groups is 1. The number of benzene rings is 1. The van der Waals surface area contributed by atoms with Crippen molar-refractivity contribution in [1.29, 1.82) is 0 Å². The van der Waals surface area contributed by atoms with E-state index in [4.69, 9.17) is 12.2 Å². The molecule has 1 aromatic rings. The molecule has 8 nitrogen and oxygen atoms in total. The zero-order chi connectivity index (χ0) is 15.4. The first kappa shape index (κ1) is 14.6. The first-order valence-corrected chi connectivity index (χ1v) is 6.26. The Morgan fingerprint density at radius 2 is 2.33 bits per heavy atom. The Kier molecular flexibility index (Phi) is 4.24. The highest BCUT2D eigenvalue weighted by atomic mass is 32.1. The molecule has 1 aliphatic rings. The number of Topliss-reactive ketones (excluding diaryl/α,β-unsaturated/α-hetero) is 1. The highest BCUT2D eigenvalue weighted by molar-refractivity contribution is 7.80. The largest absolute Gasteiger partial charge is 0.358 e. The van der Waals surface area contributed by atoms with E-state index in [1.807, 2.05) is 0 Å². The third-order valence-electron chi connectivity index (χ3n) is 2.60. The standard InChI is InChI=1S/C12H11N5O3S/c1-2-5-13-12(21)16-15-11-10(18)8-6-7(17(19)20)3-4-9(8)14-11/h2-4,6H,1,5H2,(H2,13,16,21)(H,14,15,18). The highest BCUT2D eigenvalue weighted by Gasteiger charge is 2.28. The minimum atomic E-state index is -0.560. The first-order chi connectivity index (χ1) is 10.0. The number of nitro benzene ring substituents is 1. The number of carbonyl (C=O) groups excluding carboxylic acids is 1. The van der Waals surface area contributed by atoms with Crippen molar-refractivity contribution in [2.45, 2.75) is 0 Å². The normalized spacial score (nSPS) is 14.3. The van der Waals surface area contributed by atoms with E-state index in [1.165, 1.54) is 18.2 Å². The monoisotopic (exact) mass is 305 g/mol. The summed E-state index contributed by atoms with van der Waals surface area (Å²) in [7, 11) is 0. The number of non-ortho nitro benzene ring substituents is 1. The van der Waals surface area contributed by atoms with Gasteiger partial charge in [0.1, 0.15) is 0 Å². The molecule has 0 aromatic heterocycles. The van der Waals surface area contributed by atoms with E-state index in [-0.39, 0.29) is 22.2 Å². The molecular formula is C12H11N5O3S. The number of thiocarbonyl (C=S) groups is 1. The van der Waals surface area contributed by atoms with Crippen molar-refractivity contribution in [2.24, 2.45) is 5.10 Å². The summed E-state index contributed by atoms with van der Waals surface area (Å²) >= 11 is 4.93. The van der Waals surface area contributed by atoms with E-state index in [0.717, 1.165) is 0 Å². The van der Waals surface area contributed by atoms with Crippen LogP contribution in [-0.2, 0) is 0 Å². The van der Waals surface area contributed by atoms with E-state index in [2.05, 4.69) is 27.7 Å². The molecule has 9 heteroatoms. The lowest BCUT2D eigenvalue weighted by atomic mass is 10.1. The number of hydrogen-bond acceptors (Lipinski definition) is 5. The van der Waals surface area contributed by atoms with Crippen LogP contribution in [0.4, 0.5) is 11.4 Å². The van der Waals surface area contributed by atoms with Gasteiger partial charge in [0.25, 0.3) is 5.69 Å². The topological polar surface area (TPSA) is 109 Å². The smallest absolute Gasteiger partial charge is 0.270 e. The van der Waals surface area contributed by atoms with Gasteiger partial charge in [-0.3, -0.25) is 20.3 Å². The molecular weight excluding hydrogens is 294 g/mol. The molecule has 0 bridgehead atoms. The van der Waals surface area contributed by atoms with Crippen molar-refractivity contribution < 1.29 is 9.72 Å². The molecule has 3 N–H and O–H groups in total. The molecule has 1 aliphatic heterocycles. The molecule has 0 radical (unpaired) electrons. The van der Waals surface area contributed by atoms with E-state index in [0.29, 0.717) is 12.2 Å². The van der Waals surface area contributed by atoms with Crippen molar-refractivity contribution in [1.82, 2.24) is 10.7 Å². The summed E-state index contributed by atoms with van der Waals surface area (Å²) < 4.78 is 0. The van der Waals surface area contributed by atoms with Gasteiger partial charge in [0.15, 0.2) is 10.9 Å². The number of ketones is 1. The van der Waals surface area contributed by atoms with Gasteiger partial charge in [0, 0.05) is 18.7 Å². The number of rotatable bonds is 4. The maximum atomic E-state index is 12.1. The summed E-state index contributed by atoms with van der Waals surface area (Å²) in [6.07, 6.45) is 1.62. The Bertz CT molecular complexity index is 671. The molecule has 0 spiro atoms. The van der Waals surface area contributed by atoms with Crippen LogP contribution in [0.5, 0.6) is 0 Å². The number of hydrogen-bond donors (Lipinski definition) is 3. The van der Waals surface area contributed by atoms with Crippen LogP contribution in [0.2, 0.25) is 0 Å². The fourth-order valence-corrected chi connectivity index (χ4v) is 1.77. The number of carbonyl (C=O) groups is 1. The van der Waals surface area contributed by atoms with E-state index >= 15 is 0 Å². The predicted molar refractivity (Wildman–Crippen MR) is 82.4 cm³/mol. The average Bonchev–Trinajstić information content (AvgIpc) is 2.79. The number of nitro groups is 1. The summed E-state index contributed by atoms with van der Waals surface area (Å²) in [6.45, 7) is 3.99. The van der Waals surface area contributed by atoms with Gasteiger partial charge in [-0.25, -0.2) is 0 Å². The van der Waals surface area contributed by atoms with Crippen LogP contribution in [0.25, 0.3) is 0 Å². The fraction of sp³-hybridized carbons (Fsp3) is 0.0833. The molecule has 0 atom stereocenters. The second-order valence-corrected chi connectivity index (χ2v) is 4.42. The molecule has 0 fully saturated rings. The lowest BCUT2D eigenvalue weighted by Gasteiger charge is -2.04. The zero-order valence-electron chi connectivity index (χ0n) is 10.8. The van der Waals surface area contributed by atoms with Crippen molar-refractivity contribution in [3.8, 4) is 0 Å². The Balaban J connectivity index is 2.13. The minimum absolute atomic E-state index is 0.0215. The Morgan fingerprint density at radius 3 is 3.00 bits per heavy atom. The zero-order valence-corrected chi connectivity index (χ0v) is 11.6. The summed E-state index contributed by atoms with van der Waals surface area (Å²) in [5.74, 6) is -0.416. The third kappa shape index (κ3) is 3.20. The van der Waals surface area contributed by atoms with Crippen LogP contribution in [0.3, 0.4) is 0 Å². The van der Waals surface area contributed by atoms with Crippen LogP contribution < -0.4 is 16.1 Å². The van der Waals surface area contributed by atoms with Crippen molar-refractivity contribution >= 4 is 40.3 Å². The molecule has 0 saturated heterocycles. The summed E-state index contributed by atoms with van der Waals surface area (Å²) in [6, 6.07) is 3.98. The number of hydrazone groups is 1. The SMILES string of the molecule is C=CCNC(=S)NN=C1Nc2ccc([N+](=O)[O-])cc2C1=O.